The lowest BCUT2D eigenvalue weighted by Crippen LogP contribution is -2.10. The van der Waals surface area contributed by atoms with Crippen LogP contribution in [-0.2, 0) is 6.42 Å². The highest BCUT2D eigenvalue weighted by atomic mass is 79.9. The van der Waals surface area contributed by atoms with E-state index in [1.54, 1.807) is 14.2 Å². The van der Waals surface area contributed by atoms with Crippen LogP contribution in [0.5, 0.6) is 11.5 Å². The molecule has 0 aromatic heterocycles. The summed E-state index contributed by atoms with van der Waals surface area (Å²) in [5, 5.41) is 9.44. The Morgan fingerprint density at radius 3 is 2.48 bits per heavy atom. The first-order valence-electron chi connectivity index (χ1n) is 6.62. The van der Waals surface area contributed by atoms with Gasteiger partial charge in [-0.2, -0.15) is 5.26 Å². The molecule has 106 valence electrons. The van der Waals surface area contributed by atoms with E-state index in [-0.39, 0.29) is 5.92 Å². The van der Waals surface area contributed by atoms with Gasteiger partial charge in [-0.3, -0.25) is 0 Å². The highest BCUT2D eigenvalue weighted by Gasteiger charge is 2.26. The summed E-state index contributed by atoms with van der Waals surface area (Å²) >= 11 is 3.51. The molecule has 0 radical (unpaired) electrons. The molecule has 3 nitrogen and oxygen atoms in total. The van der Waals surface area contributed by atoms with Crippen molar-refractivity contribution in [3.05, 3.63) is 45.9 Å². The zero-order chi connectivity index (χ0) is 15.0. The molecule has 0 spiro atoms. The summed E-state index contributed by atoms with van der Waals surface area (Å²) in [6, 6.07) is 12.4. The summed E-state index contributed by atoms with van der Waals surface area (Å²) in [6.07, 6.45) is 0.695. The number of ether oxygens (including phenoxy) is 2. The number of methoxy groups -OCH3 is 2. The Morgan fingerprint density at radius 1 is 1.10 bits per heavy atom. The quantitative estimate of drug-likeness (QED) is 0.816. The van der Waals surface area contributed by atoms with Gasteiger partial charge in [0, 0.05) is 4.47 Å². The van der Waals surface area contributed by atoms with Gasteiger partial charge < -0.3 is 9.47 Å². The number of halogens is 1. The third kappa shape index (κ3) is 2.28. The molecular weight excluding hydrogens is 330 g/mol. The minimum Gasteiger partial charge on any atom is -0.493 e. The molecule has 1 unspecified atom stereocenters. The monoisotopic (exact) mass is 343 g/mol. The van der Waals surface area contributed by atoms with Crippen molar-refractivity contribution in [1.29, 1.82) is 5.26 Å². The van der Waals surface area contributed by atoms with Gasteiger partial charge in [0.15, 0.2) is 11.5 Å². The summed E-state index contributed by atoms with van der Waals surface area (Å²) in [4.78, 5) is 0. The highest BCUT2D eigenvalue weighted by Crippen LogP contribution is 2.44. The number of fused-ring (bicyclic) bond motifs is 3. The summed E-state index contributed by atoms with van der Waals surface area (Å²) < 4.78 is 11.8. The second-order valence-electron chi connectivity index (χ2n) is 4.98. The standard InChI is InChI=1S/C17H14BrNO2/c1-20-16-6-10-5-11(9-19)13-4-3-12(18)7-15(13)14(10)8-17(16)21-2/h3-4,6-8,11H,5H2,1-2H3. The third-order valence-corrected chi connectivity index (χ3v) is 4.36. The lowest BCUT2D eigenvalue weighted by Gasteiger charge is -2.25. The van der Waals surface area contributed by atoms with Crippen LogP contribution < -0.4 is 9.47 Å². The first kappa shape index (κ1) is 14.0. The molecule has 2 aromatic carbocycles. The molecule has 21 heavy (non-hydrogen) atoms. The maximum atomic E-state index is 9.44. The summed E-state index contributed by atoms with van der Waals surface area (Å²) in [6.45, 7) is 0. The average Bonchev–Trinajstić information content (AvgIpc) is 2.52. The van der Waals surface area contributed by atoms with E-state index in [0.29, 0.717) is 17.9 Å². The first-order valence-corrected chi connectivity index (χ1v) is 7.41. The number of benzene rings is 2. The molecule has 0 aliphatic heterocycles. The molecule has 3 rings (SSSR count). The highest BCUT2D eigenvalue weighted by molar-refractivity contribution is 9.10. The molecular formula is C17H14BrNO2. The molecule has 0 N–H and O–H groups in total. The van der Waals surface area contributed by atoms with Gasteiger partial charge >= 0.3 is 0 Å². The van der Waals surface area contributed by atoms with Crippen molar-refractivity contribution in [3.63, 3.8) is 0 Å². The SMILES string of the molecule is COc1cc2c(cc1OC)-c1cc(Br)ccc1C(C#N)C2. The average molecular weight is 344 g/mol. The Morgan fingerprint density at radius 2 is 1.81 bits per heavy atom. The van der Waals surface area contributed by atoms with Gasteiger partial charge in [-0.05, 0) is 52.9 Å². The van der Waals surface area contributed by atoms with Gasteiger partial charge in [0.2, 0.25) is 0 Å². The fourth-order valence-electron chi connectivity index (χ4n) is 2.85. The minimum absolute atomic E-state index is 0.126. The molecule has 1 aliphatic carbocycles. The smallest absolute Gasteiger partial charge is 0.161 e. The van der Waals surface area contributed by atoms with Crippen LogP contribution in [0.3, 0.4) is 0 Å². The van der Waals surface area contributed by atoms with Crippen molar-refractivity contribution in [2.45, 2.75) is 12.3 Å². The number of rotatable bonds is 2. The normalized spacial score (nSPS) is 15.6. The Balaban J connectivity index is 2.27. The zero-order valence-electron chi connectivity index (χ0n) is 11.8. The molecule has 4 heteroatoms. The van der Waals surface area contributed by atoms with Crippen LogP contribution in [0.15, 0.2) is 34.8 Å². The maximum Gasteiger partial charge on any atom is 0.161 e. The summed E-state index contributed by atoms with van der Waals surface area (Å²) in [5.41, 5.74) is 4.37. The molecule has 0 fully saturated rings. The largest absolute Gasteiger partial charge is 0.493 e. The Labute approximate surface area is 132 Å². The second-order valence-corrected chi connectivity index (χ2v) is 5.90. The van der Waals surface area contributed by atoms with Crippen molar-refractivity contribution >= 4 is 15.9 Å². The van der Waals surface area contributed by atoms with Gasteiger partial charge in [0.25, 0.3) is 0 Å². The van der Waals surface area contributed by atoms with E-state index >= 15 is 0 Å². The lowest BCUT2D eigenvalue weighted by molar-refractivity contribution is 0.354. The number of nitrogens with zero attached hydrogens (tertiary/aromatic N) is 1. The zero-order valence-corrected chi connectivity index (χ0v) is 13.4. The van der Waals surface area contributed by atoms with E-state index in [1.807, 2.05) is 24.3 Å². The second kappa shape index (κ2) is 5.42. The fraction of sp³-hybridized carbons (Fsp3) is 0.235. The van der Waals surface area contributed by atoms with Gasteiger partial charge in [-0.1, -0.05) is 22.0 Å². The van der Waals surface area contributed by atoms with Crippen LogP contribution in [0.2, 0.25) is 0 Å². The molecule has 0 saturated carbocycles. The number of hydrogen-bond acceptors (Lipinski definition) is 3. The number of nitriles is 1. The maximum absolute atomic E-state index is 9.44. The molecule has 0 amide bonds. The predicted molar refractivity (Wildman–Crippen MR) is 84.7 cm³/mol. The van der Waals surface area contributed by atoms with E-state index < -0.39 is 0 Å². The van der Waals surface area contributed by atoms with Crippen LogP contribution in [-0.4, -0.2) is 14.2 Å². The van der Waals surface area contributed by atoms with E-state index in [1.165, 1.54) is 0 Å². The molecule has 0 saturated heterocycles. The topological polar surface area (TPSA) is 42.2 Å². The Bertz CT molecular complexity index is 749. The fourth-order valence-corrected chi connectivity index (χ4v) is 3.21. The summed E-state index contributed by atoms with van der Waals surface area (Å²) in [5.74, 6) is 1.28. The Kier molecular flexibility index (Phi) is 3.60. The van der Waals surface area contributed by atoms with Crippen LogP contribution in [0.4, 0.5) is 0 Å². The van der Waals surface area contributed by atoms with Crippen molar-refractivity contribution in [2.75, 3.05) is 14.2 Å². The van der Waals surface area contributed by atoms with Crippen molar-refractivity contribution in [1.82, 2.24) is 0 Å². The Hall–Kier alpha value is -1.99. The molecule has 0 heterocycles. The van der Waals surface area contributed by atoms with Gasteiger partial charge in [-0.15, -0.1) is 0 Å². The molecule has 1 atom stereocenters. The van der Waals surface area contributed by atoms with Gasteiger partial charge in [0.05, 0.1) is 26.2 Å². The van der Waals surface area contributed by atoms with Gasteiger partial charge in [-0.25, -0.2) is 0 Å². The predicted octanol–water partition coefficient (Wildman–Crippen LogP) is 4.30. The van der Waals surface area contributed by atoms with Crippen LogP contribution >= 0.6 is 15.9 Å². The van der Waals surface area contributed by atoms with E-state index in [0.717, 1.165) is 26.7 Å². The van der Waals surface area contributed by atoms with Crippen LogP contribution in [0.1, 0.15) is 17.0 Å². The lowest BCUT2D eigenvalue weighted by atomic mass is 9.79. The van der Waals surface area contributed by atoms with Crippen molar-refractivity contribution in [2.24, 2.45) is 0 Å². The number of hydrogen-bond donors (Lipinski definition) is 0. The van der Waals surface area contributed by atoms with E-state index in [4.69, 9.17) is 9.47 Å². The molecule has 0 bridgehead atoms. The van der Waals surface area contributed by atoms with Crippen LogP contribution in [0.25, 0.3) is 11.1 Å². The molecule has 2 aromatic rings. The van der Waals surface area contributed by atoms with Crippen molar-refractivity contribution < 1.29 is 9.47 Å². The van der Waals surface area contributed by atoms with Crippen molar-refractivity contribution in [3.8, 4) is 28.7 Å². The summed E-state index contributed by atoms with van der Waals surface area (Å²) in [7, 11) is 3.26. The molecule has 1 aliphatic rings. The van der Waals surface area contributed by atoms with E-state index in [2.05, 4.69) is 28.1 Å². The van der Waals surface area contributed by atoms with E-state index in [9.17, 15) is 5.26 Å². The van der Waals surface area contributed by atoms with Crippen LogP contribution in [0, 0.1) is 11.3 Å². The third-order valence-electron chi connectivity index (χ3n) is 3.87. The van der Waals surface area contributed by atoms with Gasteiger partial charge in [0.1, 0.15) is 0 Å². The minimum atomic E-state index is -0.126. The first-order chi connectivity index (χ1) is 10.2.